The van der Waals surface area contributed by atoms with E-state index in [1.165, 1.54) is 6.07 Å². The fraction of sp³-hybridized carbons (Fsp3) is 0.278. The lowest BCUT2D eigenvalue weighted by atomic mass is 9.95. The van der Waals surface area contributed by atoms with E-state index in [-0.39, 0.29) is 17.6 Å². The molecule has 0 fully saturated rings. The van der Waals surface area contributed by atoms with E-state index in [1.54, 1.807) is 24.0 Å². The van der Waals surface area contributed by atoms with Crippen LogP contribution in [0.25, 0.3) is 0 Å². The first-order chi connectivity index (χ1) is 11.0. The predicted molar refractivity (Wildman–Crippen MR) is 88.9 cm³/mol. The van der Waals surface area contributed by atoms with E-state index in [0.717, 1.165) is 24.1 Å². The lowest BCUT2D eigenvalue weighted by Crippen LogP contribution is -2.42. The Kier molecular flexibility index (Phi) is 3.86. The molecule has 2 aromatic rings. The van der Waals surface area contributed by atoms with Gasteiger partial charge in [-0.2, -0.15) is 0 Å². The number of nitrogens with zero attached hydrogens (tertiary/aromatic N) is 2. The summed E-state index contributed by atoms with van der Waals surface area (Å²) >= 11 is 0. The van der Waals surface area contributed by atoms with Crippen LogP contribution in [0.2, 0.25) is 0 Å². The molecule has 23 heavy (non-hydrogen) atoms. The molecule has 1 unspecified atom stereocenters. The average Bonchev–Trinajstić information content (AvgIpc) is 2.54. The van der Waals surface area contributed by atoms with Crippen LogP contribution >= 0.6 is 0 Å². The lowest BCUT2D eigenvalue weighted by Gasteiger charge is -2.35. The largest absolute Gasteiger partial charge is 0.305 e. The van der Waals surface area contributed by atoms with Crippen molar-refractivity contribution in [3.05, 3.63) is 69.3 Å². The van der Waals surface area contributed by atoms with E-state index in [1.807, 2.05) is 31.2 Å². The Morgan fingerprint density at radius 1 is 1.26 bits per heavy atom. The zero-order valence-electron chi connectivity index (χ0n) is 13.2. The minimum atomic E-state index is -0.445. The molecule has 0 aromatic heterocycles. The van der Waals surface area contributed by atoms with E-state index < -0.39 is 4.92 Å². The van der Waals surface area contributed by atoms with Crippen molar-refractivity contribution in [2.24, 2.45) is 0 Å². The molecule has 0 saturated carbocycles. The molecular formula is C18H18N2O3. The highest BCUT2D eigenvalue weighted by Crippen LogP contribution is 2.32. The van der Waals surface area contributed by atoms with Gasteiger partial charge in [-0.05, 0) is 44.4 Å². The number of carbonyl (C=O) groups is 1. The molecule has 118 valence electrons. The number of anilines is 1. The molecule has 1 heterocycles. The molecular weight excluding hydrogens is 292 g/mol. The van der Waals surface area contributed by atoms with Gasteiger partial charge in [0.15, 0.2) is 0 Å². The first-order valence-corrected chi connectivity index (χ1v) is 7.65. The van der Waals surface area contributed by atoms with Crippen molar-refractivity contribution >= 4 is 17.3 Å². The number of fused-ring (bicyclic) bond motifs is 1. The molecule has 1 atom stereocenters. The van der Waals surface area contributed by atoms with Gasteiger partial charge < -0.3 is 4.90 Å². The van der Waals surface area contributed by atoms with Gasteiger partial charge in [0, 0.05) is 28.9 Å². The third kappa shape index (κ3) is 2.70. The molecule has 5 heteroatoms. The summed E-state index contributed by atoms with van der Waals surface area (Å²) < 4.78 is 0. The molecule has 1 aliphatic heterocycles. The molecule has 0 spiro atoms. The Hall–Kier alpha value is -2.69. The van der Waals surface area contributed by atoms with Gasteiger partial charge in [-0.25, -0.2) is 0 Å². The highest BCUT2D eigenvalue weighted by atomic mass is 16.6. The number of rotatable bonds is 2. The van der Waals surface area contributed by atoms with Crippen molar-refractivity contribution in [1.82, 2.24) is 0 Å². The van der Waals surface area contributed by atoms with E-state index in [4.69, 9.17) is 0 Å². The van der Waals surface area contributed by atoms with Crippen molar-refractivity contribution in [3.8, 4) is 0 Å². The van der Waals surface area contributed by atoms with Crippen molar-refractivity contribution < 1.29 is 9.72 Å². The maximum Gasteiger partial charge on any atom is 0.273 e. The first-order valence-electron chi connectivity index (χ1n) is 7.65. The minimum absolute atomic E-state index is 0.0196. The van der Waals surface area contributed by atoms with Crippen LogP contribution in [0, 0.1) is 17.0 Å². The quantitative estimate of drug-likeness (QED) is 0.624. The predicted octanol–water partition coefficient (Wildman–Crippen LogP) is 3.88. The summed E-state index contributed by atoms with van der Waals surface area (Å²) in [7, 11) is 0. The van der Waals surface area contributed by atoms with E-state index in [9.17, 15) is 14.9 Å². The summed E-state index contributed by atoms with van der Waals surface area (Å²) in [6.45, 7) is 3.68. The van der Waals surface area contributed by atoms with E-state index in [0.29, 0.717) is 11.1 Å². The number of aryl methyl sites for hydroxylation is 2. The molecule has 1 amide bonds. The van der Waals surface area contributed by atoms with Gasteiger partial charge in [0.25, 0.3) is 11.6 Å². The summed E-state index contributed by atoms with van der Waals surface area (Å²) in [4.78, 5) is 25.4. The van der Waals surface area contributed by atoms with Crippen molar-refractivity contribution in [1.29, 1.82) is 0 Å². The molecule has 0 N–H and O–H groups in total. The Bertz CT molecular complexity index is 786. The van der Waals surface area contributed by atoms with Crippen molar-refractivity contribution in [2.45, 2.75) is 32.7 Å². The second-order valence-electron chi connectivity index (χ2n) is 5.95. The number of para-hydroxylation sites is 1. The molecule has 5 nitrogen and oxygen atoms in total. The van der Waals surface area contributed by atoms with Gasteiger partial charge in [0.2, 0.25) is 0 Å². The van der Waals surface area contributed by atoms with Crippen LogP contribution in [0.3, 0.4) is 0 Å². The van der Waals surface area contributed by atoms with Crippen LogP contribution in [-0.2, 0) is 6.42 Å². The van der Waals surface area contributed by atoms with Gasteiger partial charge >= 0.3 is 0 Å². The van der Waals surface area contributed by atoms with Crippen LogP contribution in [0.1, 0.15) is 34.8 Å². The zero-order valence-corrected chi connectivity index (χ0v) is 13.2. The number of hydrogen-bond acceptors (Lipinski definition) is 3. The molecule has 1 aliphatic rings. The van der Waals surface area contributed by atoms with Gasteiger partial charge in [0.05, 0.1) is 4.92 Å². The number of benzene rings is 2. The van der Waals surface area contributed by atoms with Gasteiger partial charge in [-0.3, -0.25) is 14.9 Å². The second-order valence-corrected chi connectivity index (χ2v) is 5.95. The number of nitro benzene ring substituents is 1. The van der Waals surface area contributed by atoms with Gasteiger partial charge in [0.1, 0.15) is 0 Å². The summed E-state index contributed by atoms with van der Waals surface area (Å²) in [5.74, 6) is -0.187. The monoisotopic (exact) mass is 310 g/mol. The minimum Gasteiger partial charge on any atom is -0.305 e. The normalized spacial score (nSPS) is 16.8. The van der Waals surface area contributed by atoms with Crippen molar-refractivity contribution in [2.75, 3.05) is 4.90 Å². The Labute approximate surface area is 134 Å². The Morgan fingerprint density at radius 3 is 2.74 bits per heavy atom. The topological polar surface area (TPSA) is 63.5 Å². The maximum absolute atomic E-state index is 13.0. The van der Waals surface area contributed by atoms with Crippen molar-refractivity contribution in [3.63, 3.8) is 0 Å². The summed E-state index contributed by atoms with van der Waals surface area (Å²) in [6, 6.07) is 12.6. The fourth-order valence-electron chi connectivity index (χ4n) is 3.08. The number of amides is 1. The second kappa shape index (κ2) is 5.83. The first kappa shape index (κ1) is 15.2. The third-order valence-corrected chi connectivity index (χ3v) is 4.39. The highest BCUT2D eigenvalue weighted by Gasteiger charge is 2.29. The van der Waals surface area contributed by atoms with Gasteiger partial charge in [-0.1, -0.05) is 24.3 Å². The summed E-state index contributed by atoms with van der Waals surface area (Å²) in [5, 5.41) is 11.1. The lowest BCUT2D eigenvalue weighted by molar-refractivity contribution is -0.385. The standard InChI is InChI=1S/C18H18N2O3/c1-12-7-9-15(11-17(12)20(22)23)18(21)19-13(2)8-10-14-5-3-4-6-16(14)19/h3-7,9,11,13H,8,10H2,1-2H3. The average molecular weight is 310 g/mol. The maximum atomic E-state index is 13.0. The Morgan fingerprint density at radius 2 is 2.00 bits per heavy atom. The van der Waals surface area contributed by atoms with Gasteiger partial charge in [-0.15, -0.1) is 0 Å². The highest BCUT2D eigenvalue weighted by molar-refractivity contribution is 6.07. The van der Waals surface area contributed by atoms with Crippen LogP contribution in [0.15, 0.2) is 42.5 Å². The smallest absolute Gasteiger partial charge is 0.273 e. The van der Waals surface area contributed by atoms with Crippen LogP contribution in [0.4, 0.5) is 11.4 Å². The molecule has 0 radical (unpaired) electrons. The molecule has 2 aromatic carbocycles. The molecule has 3 rings (SSSR count). The summed E-state index contributed by atoms with van der Waals surface area (Å²) in [6.07, 6.45) is 1.83. The van der Waals surface area contributed by atoms with Crippen LogP contribution < -0.4 is 4.90 Å². The summed E-state index contributed by atoms with van der Waals surface area (Å²) in [5.41, 5.74) is 2.93. The third-order valence-electron chi connectivity index (χ3n) is 4.39. The number of hydrogen-bond donors (Lipinski definition) is 0. The van der Waals surface area contributed by atoms with Crippen LogP contribution in [0.5, 0.6) is 0 Å². The number of carbonyl (C=O) groups excluding carboxylic acids is 1. The number of nitro groups is 1. The van der Waals surface area contributed by atoms with E-state index >= 15 is 0 Å². The SMILES string of the molecule is Cc1ccc(C(=O)N2c3ccccc3CCC2C)cc1[N+](=O)[O-]. The molecule has 0 bridgehead atoms. The van der Waals surface area contributed by atoms with E-state index in [2.05, 4.69) is 0 Å². The molecule has 0 aliphatic carbocycles. The molecule has 0 saturated heterocycles. The van der Waals surface area contributed by atoms with Crippen LogP contribution in [-0.4, -0.2) is 16.9 Å². The fourth-order valence-corrected chi connectivity index (χ4v) is 3.08. The Balaban J connectivity index is 2.04. The zero-order chi connectivity index (χ0) is 16.6.